The minimum Gasteiger partial charge on any atom is -0.341 e. The van der Waals surface area contributed by atoms with Gasteiger partial charge in [-0.3, -0.25) is 4.79 Å². The molecule has 1 heterocycles. The van der Waals surface area contributed by atoms with E-state index in [0.29, 0.717) is 17.7 Å². The molecule has 2 heteroatoms. The molecule has 2 aliphatic rings. The van der Waals surface area contributed by atoms with Crippen LogP contribution in [0.3, 0.4) is 0 Å². The SMILES string of the molecule is CCC(=O)N1CC2(CC2)C1. The van der Waals surface area contributed by atoms with Crippen LogP contribution in [0.2, 0.25) is 0 Å². The Labute approximate surface area is 61.2 Å². The Hall–Kier alpha value is -0.530. The Morgan fingerprint density at radius 3 is 2.50 bits per heavy atom. The van der Waals surface area contributed by atoms with Crippen LogP contribution in [0.25, 0.3) is 0 Å². The van der Waals surface area contributed by atoms with Gasteiger partial charge in [0.25, 0.3) is 0 Å². The number of carbonyl (C=O) groups excluding carboxylic acids is 1. The number of nitrogens with zero attached hydrogens (tertiary/aromatic N) is 1. The molecule has 2 fully saturated rings. The molecule has 10 heavy (non-hydrogen) atoms. The van der Waals surface area contributed by atoms with Gasteiger partial charge in [-0.1, -0.05) is 6.92 Å². The zero-order valence-corrected chi connectivity index (χ0v) is 6.39. The lowest BCUT2D eigenvalue weighted by atomic mass is 9.97. The van der Waals surface area contributed by atoms with Gasteiger partial charge in [0.2, 0.25) is 5.91 Å². The van der Waals surface area contributed by atoms with Crippen molar-refractivity contribution in [2.24, 2.45) is 5.41 Å². The Morgan fingerprint density at radius 1 is 1.50 bits per heavy atom. The molecular weight excluding hydrogens is 126 g/mol. The summed E-state index contributed by atoms with van der Waals surface area (Å²) >= 11 is 0. The van der Waals surface area contributed by atoms with Gasteiger partial charge in [-0.15, -0.1) is 0 Å². The maximum absolute atomic E-state index is 11.0. The van der Waals surface area contributed by atoms with Crippen LogP contribution in [0.4, 0.5) is 0 Å². The molecule has 1 amide bonds. The number of hydrogen-bond acceptors (Lipinski definition) is 1. The van der Waals surface area contributed by atoms with Gasteiger partial charge in [-0.2, -0.15) is 0 Å². The van der Waals surface area contributed by atoms with E-state index in [9.17, 15) is 4.79 Å². The second kappa shape index (κ2) is 1.74. The quantitative estimate of drug-likeness (QED) is 0.531. The summed E-state index contributed by atoms with van der Waals surface area (Å²) in [6, 6.07) is 0. The van der Waals surface area contributed by atoms with Crippen molar-refractivity contribution in [3.05, 3.63) is 0 Å². The molecular formula is C8H13NO. The monoisotopic (exact) mass is 139 g/mol. The summed E-state index contributed by atoms with van der Waals surface area (Å²) in [6.45, 7) is 4.04. The summed E-state index contributed by atoms with van der Waals surface area (Å²) in [7, 11) is 0. The Bertz CT molecular complexity index is 164. The normalized spacial score (nSPS) is 26.3. The second-order valence-corrected chi connectivity index (χ2v) is 3.60. The van der Waals surface area contributed by atoms with E-state index in [0.717, 1.165) is 13.1 Å². The molecule has 2 nitrogen and oxygen atoms in total. The van der Waals surface area contributed by atoms with Crippen molar-refractivity contribution >= 4 is 5.91 Å². The summed E-state index contributed by atoms with van der Waals surface area (Å²) in [4.78, 5) is 13.0. The van der Waals surface area contributed by atoms with Crippen molar-refractivity contribution < 1.29 is 4.79 Å². The molecule has 1 saturated carbocycles. The topological polar surface area (TPSA) is 20.3 Å². The summed E-state index contributed by atoms with van der Waals surface area (Å²) in [5.74, 6) is 0.331. The van der Waals surface area contributed by atoms with Crippen LogP contribution in [0.1, 0.15) is 26.2 Å². The molecule has 2 rings (SSSR count). The molecule has 0 bridgehead atoms. The molecule has 0 aromatic rings. The highest BCUT2D eigenvalue weighted by Crippen LogP contribution is 2.52. The molecule has 0 N–H and O–H groups in total. The fourth-order valence-electron chi connectivity index (χ4n) is 1.66. The van der Waals surface area contributed by atoms with E-state index in [2.05, 4.69) is 0 Å². The lowest BCUT2D eigenvalue weighted by Crippen LogP contribution is -2.51. The van der Waals surface area contributed by atoms with Gasteiger partial charge >= 0.3 is 0 Å². The molecule has 1 spiro atoms. The molecule has 1 aliphatic carbocycles. The van der Waals surface area contributed by atoms with Gasteiger partial charge in [0.15, 0.2) is 0 Å². The first-order valence-corrected chi connectivity index (χ1v) is 4.04. The lowest BCUT2D eigenvalue weighted by molar-refractivity contribution is -0.138. The molecule has 0 aromatic heterocycles. The highest BCUT2D eigenvalue weighted by Gasteiger charge is 2.53. The fourth-order valence-corrected chi connectivity index (χ4v) is 1.66. The van der Waals surface area contributed by atoms with E-state index >= 15 is 0 Å². The van der Waals surface area contributed by atoms with Crippen molar-refractivity contribution in [2.75, 3.05) is 13.1 Å². The predicted molar refractivity (Wildman–Crippen MR) is 38.5 cm³/mol. The summed E-state index contributed by atoms with van der Waals surface area (Å²) in [5, 5.41) is 0. The zero-order valence-electron chi connectivity index (χ0n) is 6.39. The van der Waals surface area contributed by atoms with Crippen molar-refractivity contribution in [3.8, 4) is 0 Å². The summed E-state index contributed by atoms with van der Waals surface area (Å²) in [6.07, 6.45) is 3.40. The molecule has 56 valence electrons. The first-order valence-electron chi connectivity index (χ1n) is 4.04. The average Bonchev–Trinajstić information content (AvgIpc) is 2.61. The van der Waals surface area contributed by atoms with Crippen LogP contribution in [0, 0.1) is 5.41 Å². The molecule has 0 radical (unpaired) electrons. The minimum absolute atomic E-state index is 0.331. The largest absolute Gasteiger partial charge is 0.341 e. The van der Waals surface area contributed by atoms with E-state index in [-0.39, 0.29) is 0 Å². The van der Waals surface area contributed by atoms with Gasteiger partial charge in [0.05, 0.1) is 0 Å². The van der Waals surface area contributed by atoms with E-state index in [1.54, 1.807) is 0 Å². The maximum Gasteiger partial charge on any atom is 0.222 e. The number of amides is 1. The zero-order chi connectivity index (χ0) is 7.19. The van der Waals surface area contributed by atoms with Crippen LogP contribution >= 0.6 is 0 Å². The molecule has 0 aromatic carbocycles. The van der Waals surface area contributed by atoms with Crippen molar-refractivity contribution in [3.63, 3.8) is 0 Å². The third kappa shape index (κ3) is 0.746. The Morgan fingerprint density at radius 2 is 2.10 bits per heavy atom. The fraction of sp³-hybridized carbons (Fsp3) is 0.875. The molecule has 0 atom stereocenters. The third-order valence-electron chi connectivity index (χ3n) is 2.66. The highest BCUT2D eigenvalue weighted by atomic mass is 16.2. The van der Waals surface area contributed by atoms with Crippen molar-refractivity contribution in [2.45, 2.75) is 26.2 Å². The van der Waals surface area contributed by atoms with Gasteiger partial charge in [0, 0.05) is 24.9 Å². The molecule has 0 unspecified atom stereocenters. The summed E-state index contributed by atoms with van der Waals surface area (Å²) in [5.41, 5.74) is 0.630. The van der Waals surface area contributed by atoms with Gasteiger partial charge in [-0.25, -0.2) is 0 Å². The first-order chi connectivity index (χ1) is 4.76. The average molecular weight is 139 g/mol. The van der Waals surface area contributed by atoms with Crippen LogP contribution in [0.5, 0.6) is 0 Å². The second-order valence-electron chi connectivity index (χ2n) is 3.60. The van der Waals surface area contributed by atoms with E-state index in [1.807, 2.05) is 11.8 Å². The molecule has 1 saturated heterocycles. The highest BCUT2D eigenvalue weighted by molar-refractivity contribution is 5.77. The smallest absolute Gasteiger partial charge is 0.222 e. The predicted octanol–water partition coefficient (Wildman–Crippen LogP) is 1.02. The number of carbonyl (C=O) groups is 1. The van der Waals surface area contributed by atoms with E-state index in [1.165, 1.54) is 12.8 Å². The van der Waals surface area contributed by atoms with Crippen LogP contribution in [-0.4, -0.2) is 23.9 Å². The Kier molecular flexibility index (Phi) is 1.08. The van der Waals surface area contributed by atoms with Gasteiger partial charge in [0.1, 0.15) is 0 Å². The van der Waals surface area contributed by atoms with Crippen LogP contribution in [0.15, 0.2) is 0 Å². The van der Waals surface area contributed by atoms with Crippen LogP contribution in [-0.2, 0) is 4.79 Å². The van der Waals surface area contributed by atoms with Crippen molar-refractivity contribution in [1.82, 2.24) is 4.90 Å². The standard InChI is InChI=1S/C8H13NO/c1-2-7(10)9-5-8(6-9)3-4-8/h2-6H2,1H3. The van der Waals surface area contributed by atoms with E-state index in [4.69, 9.17) is 0 Å². The van der Waals surface area contributed by atoms with Crippen LogP contribution < -0.4 is 0 Å². The van der Waals surface area contributed by atoms with Gasteiger partial charge < -0.3 is 4.90 Å². The van der Waals surface area contributed by atoms with E-state index < -0.39 is 0 Å². The molecule has 1 aliphatic heterocycles. The minimum atomic E-state index is 0.331. The first kappa shape index (κ1) is 6.20. The lowest BCUT2D eigenvalue weighted by Gasteiger charge is -2.39. The number of hydrogen-bond donors (Lipinski definition) is 0. The Balaban J connectivity index is 1.84. The summed E-state index contributed by atoms with van der Waals surface area (Å²) < 4.78 is 0. The van der Waals surface area contributed by atoms with Crippen molar-refractivity contribution in [1.29, 1.82) is 0 Å². The number of likely N-dealkylation sites (tertiary alicyclic amines) is 1. The third-order valence-corrected chi connectivity index (χ3v) is 2.66. The number of rotatable bonds is 1. The maximum atomic E-state index is 11.0. The van der Waals surface area contributed by atoms with Gasteiger partial charge in [-0.05, 0) is 12.8 Å².